The zero-order chi connectivity index (χ0) is 11.5. The summed E-state index contributed by atoms with van der Waals surface area (Å²) in [6, 6.07) is -0.714. The Morgan fingerprint density at radius 2 is 2.31 bits per heavy atom. The van der Waals surface area contributed by atoms with Crippen molar-refractivity contribution in [3.05, 3.63) is 18.0 Å². The molecule has 16 heavy (non-hydrogen) atoms. The van der Waals surface area contributed by atoms with Gasteiger partial charge in [-0.3, -0.25) is 4.68 Å². The minimum atomic E-state index is -0.714. The highest BCUT2D eigenvalue weighted by Crippen LogP contribution is 2.22. The molecule has 1 saturated carbocycles. The number of aryl methyl sites for hydroxylation is 1. The standard InChI is InChI=1S/C11H17N3O2/c1-14-7-8(6-13-14)10(12)11(15)16-9-4-2-3-5-9/h6-7,9-10H,2-5,12H2,1H3. The third kappa shape index (κ3) is 2.41. The van der Waals surface area contributed by atoms with Crippen LogP contribution in [-0.4, -0.2) is 21.9 Å². The minimum absolute atomic E-state index is 0.0650. The van der Waals surface area contributed by atoms with Gasteiger partial charge in [-0.2, -0.15) is 5.10 Å². The number of hydrogen-bond acceptors (Lipinski definition) is 4. The van der Waals surface area contributed by atoms with Crippen molar-refractivity contribution < 1.29 is 9.53 Å². The highest BCUT2D eigenvalue weighted by molar-refractivity contribution is 5.77. The van der Waals surface area contributed by atoms with Gasteiger partial charge in [0.25, 0.3) is 0 Å². The Bertz CT molecular complexity index is 369. The summed E-state index contributed by atoms with van der Waals surface area (Å²) in [5, 5.41) is 3.98. The monoisotopic (exact) mass is 223 g/mol. The average molecular weight is 223 g/mol. The Balaban J connectivity index is 1.93. The van der Waals surface area contributed by atoms with Crippen LogP contribution < -0.4 is 5.73 Å². The third-order valence-corrected chi connectivity index (χ3v) is 2.92. The topological polar surface area (TPSA) is 70.1 Å². The van der Waals surface area contributed by atoms with Gasteiger partial charge in [0.1, 0.15) is 12.1 Å². The van der Waals surface area contributed by atoms with Gasteiger partial charge in [-0.25, -0.2) is 4.79 Å². The number of nitrogens with two attached hydrogens (primary N) is 1. The number of nitrogens with zero attached hydrogens (tertiary/aromatic N) is 2. The summed E-state index contributed by atoms with van der Waals surface area (Å²) in [7, 11) is 1.79. The van der Waals surface area contributed by atoms with Crippen molar-refractivity contribution in [1.29, 1.82) is 0 Å². The van der Waals surface area contributed by atoms with Crippen LogP contribution in [0.2, 0.25) is 0 Å². The first-order valence-electron chi connectivity index (χ1n) is 5.61. The van der Waals surface area contributed by atoms with Gasteiger partial charge in [-0.15, -0.1) is 0 Å². The summed E-state index contributed by atoms with van der Waals surface area (Å²) in [6.07, 6.45) is 7.61. The zero-order valence-corrected chi connectivity index (χ0v) is 9.43. The summed E-state index contributed by atoms with van der Waals surface area (Å²) < 4.78 is 6.96. The Hall–Kier alpha value is -1.36. The number of carbonyl (C=O) groups is 1. The van der Waals surface area contributed by atoms with Gasteiger partial charge in [0.05, 0.1) is 6.20 Å². The van der Waals surface area contributed by atoms with Crippen LogP contribution in [-0.2, 0) is 16.6 Å². The molecule has 88 valence electrons. The number of esters is 1. The molecule has 0 bridgehead atoms. The Kier molecular flexibility index (Phi) is 3.24. The van der Waals surface area contributed by atoms with Crippen LogP contribution in [0.4, 0.5) is 0 Å². The van der Waals surface area contributed by atoms with Crippen LogP contribution in [0.5, 0.6) is 0 Å². The molecule has 5 nitrogen and oxygen atoms in total. The molecule has 5 heteroatoms. The van der Waals surface area contributed by atoms with Gasteiger partial charge in [0.2, 0.25) is 0 Å². The molecule has 0 radical (unpaired) electrons. The third-order valence-electron chi connectivity index (χ3n) is 2.92. The summed E-state index contributed by atoms with van der Waals surface area (Å²) in [4.78, 5) is 11.7. The lowest BCUT2D eigenvalue weighted by Gasteiger charge is -2.14. The summed E-state index contributed by atoms with van der Waals surface area (Å²) in [5.41, 5.74) is 6.50. The molecule has 1 unspecified atom stereocenters. The molecular formula is C11H17N3O2. The lowest BCUT2D eigenvalue weighted by atomic mass is 10.2. The summed E-state index contributed by atoms with van der Waals surface area (Å²) in [5.74, 6) is -0.347. The fraction of sp³-hybridized carbons (Fsp3) is 0.636. The van der Waals surface area contributed by atoms with Crippen LogP contribution in [0.1, 0.15) is 37.3 Å². The molecule has 0 aromatic carbocycles. The van der Waals surface area contributed by atoms with E-state index in [2.05, 4.69) is 5.10 Å². The molecule has 1 heterocycles. The lowest BCUT2D eigenvalue weighted by Crippen LogP contribution is -2.26. The van der Waals surface area contributed by atoms with Crippen molar-refractivity contribution in [3.63, 3.8) is 0 Å². The zero-order valence-electron chi connectivity index (χ0n) is 9.43. The van der Waals surface area contributed by atoms with E-state index in [1.54, 1.807) is 24.1 Å². The largest absolute Gasteiger partial charge is 0.461 e. The van der Waals surface area contributed by atoms with Gasteiger partial charge < -0.3 is 10.5 Å². The predicted octanol–water partition coefficient (Wildman–Crippen LogP) is 0.906. The molecule has 2 N–H and O–H groups in total. The van der Waals surface area contributed by atoms with Crippen molar-refractivity contribution in [2.75, 3.05) is 0 Å². The first-order chi connectivity index (χ1) is 7.66. The second kappa shape index (κ2) is 4.65. The molecule has 0 saturated heterocycles. The first-order valence-corrected chi connectivity index (χ1v) is 5.61. The fourth-order valence-corrected chi connectivity index (χ4v) is 1.98. The number of rotatable bonds is 3. The van der Waals surface area contributed by atoms with E-state index in [-0.39, 0.29) is 12.1 Å². The molecule has 1 aromatic rings. The van der Waals surface area contributed by atoms with E-state index in [0.29, 0.717) is 5.56 Å². The second-order valence-electron chi connectivity index (χ2n) is 4.27. The SMILES string of the molecule is Cn1cc(C(N)C(=O)OC2CCCC2)cn1. The van der Waals surface area contributed by atoms with Crippen LogP contribution in [0.25, 0.3) is 0 Å². The highest BCUT2D eigenvalue weighted by Gasteiger charge is 2.24. The van der Waals surface area contributed by atoms with Gasteiger partial charge in [0, 0.05) is 18.8 Å². The Labute approximate surface area is 94.6 Å². The van der Waals surface area contributed by atoms with Crippen molar-refractivity contribution in [3.8, 4) is 0 Å². The Morgan fingerprint density at radius 3 is 2.88 bits per heavy atom. The molecule has 1 atom stereocenters. The summed E-state index contributed by atoms with van der Waals surface area (Å²) in [6.45, 7) is 0. The van der Waals surface area contributed by atoms with Crippen molar-refractivity contribution in [2.24, 2.45) is 12.8 Å². The normalized spacial score (nSPS) is 18.6. The van der Waals surface area contributed by atoms with Crippen LogP contribution >= 0.6 is 0 Å². The number of carbonyl (C=O) groups excluding carboxylic acids is 1. The maximum Gasteiger partial charge on any atom is 0.327 e. The van der Waals surface area contributed by atoms with Crippen molar-refractivity contribution in [1.82, 2.24) is 9.78 Å². The molecule has 1 aliphatic carbocycles. The fourth-order valence-electron chi connectivity index (χ4n) is 1.98. The van der Waals surface area contributed by atoms with E-state index in [4.69, 9.17) is 10.5 Å². The van der Waals surface area contributed by atoms with Gasteiger partial charge in [0.15, 0.2) is 0 Å². The maximum absolute atomic E-state index is 11.7. The van der Waals surface area contributed by atoms with Gasteiger partial charge in [-0.05, 0) is 25.7 Å². The van der Waals surface area contributed by atoms with E-state index in [9.17, 15) is 4.79 Å². The van der Waals surface area contributed by atoms with Crippen LogP contribution in [0, 0.1) is 0 Å². The predicted molar refractivity (Wildman–Crippen MR) is 58.5 cm³/mol. The maximum atomic E-state index is 11.7. The highest BCUT2D eigenvalue weighted by atomic mass is 16.5. The van der Waals surface area contributed by atoms with E-state index in [0.717, 1.165) is 25.7 Å². The molecule has 0 spiro atoms. The molecule has 1 fully saturated rings. The quantitative estimate of drug-likeness (QED) is 0.773. The van der Waals surface area contributed by atoms with Crippen molar-refractivity contribution >= 4 is 5.97 Å². The average Bonchev–Trinajstić information content (AvgIpc) is 2.88. The molecule has 1 aliphatic rings. The number of aromatic nitrogens is 2. The van der Waals surface area contributed by atoms with E-state index in [1.807, 2.05) is 0 Å². The lowest BCUT2D eigenvalue weighted by molar-refractivity contribution is -0.150. The number of hydrogen-bond donors (Lipinski definition) is 1. The number of ether oxygens (including phenoxy) is 1. The second-order valence-corrected chi connectivity index (χ2v) is 4.27. The van der Waals surface area contributed by atoms with E-state index in [1.165, 1.54) is 0 Å². The van der Waals surface area contributed by atoms with E-state index < -0.39 is 6.04 Å². The minimum Gasteiger partial charge on any atom is -0.461 e. The molecule has 0 aliphatic heterocycles. The van der Waals surface area contributed by atoms with Crippen LogP contribution in [0.15, 0.2) is 12.4 Å². The first kappa shape index (κ1) is 11.1. The molecule has 0 amide bonds. The Morgan fingerprint density at radius 1 is 1.62 bits per heavy atom. The van der Waals surface area contributed by atoms with Crippen LogP contribution in [0.3, 0.4) is 0 Å². The van der Waals surface area contributed by atoms with Gasteiger partial charge in [-0.1, -0.05) is 0 Å². The van der Waals surface area contributed by atoms with Crippen molar-refractivity contribution in [2.45, 2.75) is 37.8 Å². The van der Waals surface area contributed by atoms with Gasteiger partial charge >= 0.3 is 5.97 Å². The smallest absolute Gasteiger partial charge is 0.327 e. The molecular weight excluding hydrogens is 206 g/mol. The molecule has 2 rings (SSSR count). The van der Waals surface area contributed by atoms with E-state index >= 15 is 0 Å². The molecule has 1 aromatic heterocycles. The summed E-state index contributed by atoms with van der Waals surface area (Å²) >= 11 is 0.